The van der Waals surface area contributed by atoms with Gasteiger partial charge in [0, 0.05) is 43.6 Å². The van der Waals surface area contributed by atoms with Gasteiger partial charge in [0.05, 0.1) is 0 Å². The number of hydrogen-bond acceptors (Lipinski definition) is 2. The minimum Gasteiger partial charge on any atom is -0.368 e. The summed E-state index contributed by atoms with van der Waals surface area (Å²) < 4.78 is 0. The monoisotopic (exact) mass is 408 g/mol. The highest BCUT2D eigenvalue weighted by Crippen LogP contribution is 2.16. The summed E-state index contributed by atoms with van der Waals surface area (Å²) in [6.07, 6.45) is 10.9. The molecule has 2 rings (SSSR count). The molecule has 1 aliphatic rings. The van der Waals surface area contributed by atoms with Gasteiger partial charge in [0.25, 0.3) is 0 Å². The maximum absolute atomic E-state index is 12.4. The van der Waals surface area contributed by atoms with Crippen LogP contribution in [0, 0.1) is 0 Å². The van der Waals surface area contributed by atoms with Crippen molar-refractivity contribution in [2.24, 2.45) is 0 Å². The Labute approximate surface area is 161 Å². The van der Waals surface area contributed by atoms with E-state index < -0.39 is 0 Å². The molecule has 0 saturated carbocycles. The maximum Gasteiger partial charge on any atom is 0.222 e. The van der Waals surface area contributed by atoms with E-state index in [1.54, 1.807) is 0 Å². The normalized spacial score (nSPS) is 14.8. The minimum atomic E-state index is 0.352. The van der Waals surface area contributed by atoms with Crippen molar-refractivity contribution in [3.8, 4) is 0 Å². The molecule has 1 amide bonds. The first-order valence-electron chi connectivity index (χ1n) is 9.95. The molecule has 1 saturated heterocycles. The van der Waals surface area contributed by atoms with Crippen molar-refractivity contribution in [2.75, 3.05) is 36.4 Å². The topological polar surface area (TPSA) is 23.6 Å². The van der Waals surface area contributed by atoms with E-state index in [-0.39, 0.29) is 0 Å². The summed E-state index contributed by atoms with van der Waals surface area (Å²) in [5.74, 6) is 0.352. The molecule has 0 unspecified atom stereocenters. The Morgan fingerprint density at radius 1 is 0.800 bits per heavy atom. The van der Waals surface area contributed by atoms with Crippen molar-refractivity contribution < 1.29 is 4.79 Å². The summed E-state index contributed by atoms with van der Waals surface area (Å²) in [4.78, 5) is 16.8. The third-order valence-electron chi connectivity index (χ3n) is 5.03. The van der Waals surface area contributed by atoms with E-state index in [9.17, 15) is 4.79 Å². The Hall–Kier alpha value is -1.03. The van der Waals surface area contributed by atoms with Gasteiger partial charge in [0.1, 0.15) is 0 Å². The molecule has 1 fully saturated rings. The lowest BCUT2D eigenvalue weighted by atomic mass is 10.1. The number of unbranched alkanes of at least 4 members (excludes halogenated alkanes) is 7. The maximum atomic E-state index is 12.4. The molecule has 1 aliphatic heterocycles. The number of benzene rings is 1. The molecule has 1 heterocycles. The van der Waals surface area contributed by atoms with Crippen LogP contribution in [0.25, 0.3) is 0 Å². The van der Waals surface area contributed by atoms with Crippen molar-refractivity contribution in [2.45, 2.75) is 57.8 Å². The molecule has 1 aromatic carbocycles. The minimum absolute atomic E-state index is 0.352. The molecule has 0 atom stereocenters. The second-order valence-corrected chi connectivity index (χ2v) is 7.76. The van der Waals surface area contributed by atoms with Gasteiger partial charge in [-0.2, -0.15) is 0 Å². The molecule has 140 valence electrons. The molecule has 4 heteroatoms. The van der Waals surface area contributed by atoms with Crippen molar-refractivity contribution in [3.63, 3.8) is 0 Å². The van der Waals surface area contributed by atoms with Crippen LogP contribution in [0.1, 0.15) is 57.8 Å². The molecular formula is C21H33BrN2O. The van der Waals surface area contributed by atoms with E-state index in [2.05, 4.69) is 50.0 Å². The van der Waals surface area contributed by atoms with E-state index in [0.717, 1.165) is 44.4 Å². The fourth-order valence-corrected chi connectivity index (χ4v) is 3.84. The van der Waals surface area contributed by atoms with Gasteiger partial charge >= 0.3 is 0 Å². The zero-order valence-corrected chi connectivity index (χ0v) is 17.1. The quantitative estimate of drug-likeness (QED) is 0.369. The Bertz CT molecular complexity index is 472. The summed E-state index contributed by atoms with van der Waals surface area (Å²) in [5.41, 5.74) is 1.27. The third kappa shape index (κ3) is 7.81. The molecule has 0 spiro atoms. The van der Waals surface area contributed by atoms with Crippen LogP contribution in [-0.4, -0.2) is 42.3 Å². The fraction of sp³-hybridized carbons (Fsp3) is 0.667. The highest BCUT2D eigenvalue weighted by molar-refractivity contribution is 9.09. The molecule has 0 radical (unpaired) electrons. The lowest BCUT2D eigenvalue weighted by Gasteiger charge is -2.36. The summed E-state index contributed by atoms with van der Waals surface area (Å²) >= 11 is 3.48. The Morgan fingerprint density at radius 3 is 1.96 bits per heavy atom. The Morgan fingerprint density at radius 2 is 1.36 bits per heavy atom. The fourth-order valence-electron chi connectivity index (χ4n) is 3.44. The van der Waals surface area contributed by atoms with E-state index >= 15 is 0 Å². The van der Waals surface area contributed by atoms with Crippen LogP contribution in [0.4, 0.5) is 5.69 Å². The summed E-state index contributed by atoms with van der Waals surface area (Å²) in [7, 11) is 0. The van der Waals surface area contributed by atoms with Crippen molar-refractivity contribution in [1.29, 1.82) is 0 Å². The standard InChI is InChI=1S/C21H33BrN2O/c22-15-11-6-4-2-1-3-5-10-14-21(25)24-18-16-23(17-19-24)20-12-8-7-9-13-20/h7-9,12-13H,1-6,10-11,14-19H2. The predicted octanol–water partition coefficient (Wildman–Crippen LogP) is 5.24. The van der Waals surface area contributed by atoms with Gasteiger partial charge in [0.15, 0.2) is 0 Å². The van der Waals surface area contributed by atoms with Gasteiger partial charge in [-0.05, 0) is 25.0 Å². The molecule has 25 heavy (non-hydrogen) atoms. The van der Waals surface area contributed by atoms with Crippen molar-refractivity contribution >= 4 is 27.5 Å². The van der Waals surface area contributed by atoms with E-state index in [0.29, 0.717) is 5.91 Å². The number of alkyl halides is 1. The highest BCUT2D eigenvalue weighted by atomic mass is 79.9. The van der Waals surface area contributed by atoms with E-state index in [1.165, 1.54) is 50.6 Å². The van der Waals surface area contributed by atoms with Crippen LogP contribution in [0.3, 0.4) is 0 Å². The van der Waals surface area contributed by atoms with E-state index in [1.807, 2.05) is 6.07 Å². The summed E-state index contributed by atoms with van der Waals surface area (Å²) in [6, 6.07) is 10.5. The second kappa shape index (κ2) is 12.3. The Kier molecular flexibility index (Phi) is 10.0. The first-order valence-corrected chi connectivity index (χ1v) is 11.1. The zero-order chi connectivity index (χ0) is 17.7. The third-order valence-corrected chi connectivity index (χ3v) is 5.59. The number of hydrogen-bond donors (Lipinski definition) is 0. The molecular weight excluding hydrogens is 376 g/mol. The average molecular weight is 409 g/mol. The van der Waals surface area contributed by atoms with Gasteiger partial charge in [-0.3, -0.25) is 4.79 Å². The number of halogens is 1. The largest absolute Gasteiger partial charge is 0.368 e. The molecule has 1 aromatic rings. The number of carbonyl (C=O) groups excluding carboxylic acids is 1. The van der Waals surface area contributed by atoms with Crippen molar-refractivity contribution in [3.05, 3.63) is 30.3 Å². The van der Waals surface area contributed by atoms with Crippen LogP contribution in [0.5, 0.6) is 0 Å². The summed E-state index contributed by atoms with van der Waals surface area (Å²) in [5, 5.41) is 1.13. The van der Waals surface area contributed by atoms with Gasteiger partial charge in [-0.1, -0.05) is 72.7 Å². The van der Waals surface area contributed by atoms with Crippen LogP contribution in [-0.2, 0) is 4.79 Å². The molecule has 3 nitrogen and oxygen atoms in total. The predicted molar refractivity (Wildman–Crippen MR) is 111 cm³/mol. The van der Waals surface area contributed by atoms with Crippen LogP contribution >= 0.6 is 15.9 Å². The van der Waals surface area contributed by atoms with Crippen LogP contribution < -0.4 is 4.90 Å². The van der Waals surface area contributed by atoms with Gasteiger partial charge in [-0.25, -0.2) is 0 Å². The van der Waals surface area contributed by atoms with Gasteiger partial charge < -0.3 is 9.80 Å². The highest BCUT2D eigenvalue weighted by Gasteiger charge is 2.20. The number of carbonyl (C=O) groups is 1. The lowest BCUT2D eigenvalue weighted by Crippen LogP contribution is -2.48. The van der Waals surface area contributed by atoms with Crippen LogP contribution in [0.2, 0.25) is 0 Å². The average Bonchev–Trinajstić information content (AvgIpc) is 2.67. The van der Waals surface area contributed by atoms with Crippen molar-refractivity contribution in [1.82, 2.24) is 4.90 Å². The van der Waals surface area contributed by atoms with Gasteiger partial charge in [0.2, 0.25) is 5.91 Å². The number of rotatable bonds is 11. The summed E-state index contributed by atoms with van der Waals surface area (Å²) in [6.45, 7) is 3.62. The van der Waals surface area contributed by atoms with E-state index in [4.69, 9.17) is 0 Å². The first-order chi connectivity index (χ1) is 12.3. The Balaban J connectivity index is 1.51. The molecule has 0 aliphatic carbocycles. The molecule has 0 aromatic heterocycles. The smallest absolute Gasteiger partial charge is 0.222 e. The lowest BCUT2D eigenvalue weighted by molar-refractivity contribution is -0.131. The molecule has 0 N–H and O–H groups in total. The number of nitrogens with zero attached hydrogens (tertiary/aromatic N) is 2. The number of anilines is 1. The number of para-hydroxylation sites is 1. The zero-order valence-electron chi connectivity index (χ0n) is 15.5. The van der Waals surface area contributed by atoms with Crippen LogP contribution in [0.15, 0.2) is 30.3 Å². The first kappa shape index (κ1) is 20.3. The second-order valence-electron chi connectivity index (χ2n) is 6.97. The molecule has 0 bridgehead atoms. The van der Waals surface area contributed by atoms with Gasteiger partial charge in [-0.15, -0.1) is 0 Å². The number of amides is 1. The number of piperazine rings is 1. The SMILES string of the molecule is O=C(CCCCCCCCCCBr)N1CCN(c2ccccc2)CC1.